The molecule has 0 unspecified atom stereocenters. The molecule has 0 heterocycles. The van der Waals surface area contributed by atoms with Crippen molar-refractivity contribution < 1.29 is 8.42 Å². The third-order valence-electron chi connectivity index (χ3n) is 3.67. The maximum atomic E-state index is 12.3. The number of rotatable bonds is 6. The van der Waals surface area contributed by atoms with Crippen LogP contribution in [0.2, 0.25) is 0 Å². The zero-order valence-corrected chi connectivity index (χ0v) is 15.6. The Hall–Kier alpha value is -1.30. The number of sulfonamides is 1. The first-order valence-corrected chi connectivity index (χ1v) is 9.99. The lowest BCUT2D eigenvalue weighted by molar-refractivity contribution is 0.556. The van der Waals surface area contributed by atoms with E-state index in [0.29, 0.717) is 4.90 Å². The fraction of sp³-hybridized carbons (Fsp3) is 0.333. The third-order valence-corrected chi connectivity index (χ3v) is 6.45. The number of hydrogen-bond donors (Lipinski definition) is 1. The molecular weight excluding hydrogens is 326 g/mol. The molecule has 0 aliphatic heterocycles. The molecule has 1 atom stereocenters. The fourth-order valence-corrected chi connectivity index (χ4v) is 4.37. The van der Waals surface area contributed by atoms with E-state index in [1.54, 1.807) is 23.9 Å². The molecular formula is C18H23NO2S2. The van der Waals surface area contributed by atoms with Crippen molar-refractivity contribution >= 4 is 21.8 Å². The van der Waals surface area contributed by atoms with Crippen molar-refractivity contribution in [2.45, 2.75) is 54.8 Å². The molecule has 3 nitrogen and oxygen atoms in total. The molecule has 0 amide bonds. The van der Waals surface area contributed by atoms with Crippen LogP contribution in [0.5, 0.6) is 0 Å². The molecule has 0 aromatic heterocycles. The maximum absolute atomic E-state index is 12.3. The predicted molar refractivity (Wildman–Crippen MR) is 96.6 cm³/mol. The zero-order chi connectivity index (χ0) is 17.0. The Balaban J connectivity index is 2.18. The first kappa shape index (κ1) is 18.0. The SMILES string of the molecule is CC[C@@H](C)NS(=O)(=O)c1ccc(Sc2cc(C)ccc2C)cc1. The number of nitrogens with one attached hydrogen (secondary N) is 1. The minimum absolute atomic E-state index is 0.0657. The van der Waals surface area contributed by atoms with Gasteiger partial charge in [-0.05, 0) is 68.7 Å². The lowest BCUT2D eigenvalue weighted by Gasteiger charge is -2.12. The summed E-state index contributed by atoms with van der Waals surface area (Å²) in [5, 5.41) is 0. The molecule has 0 fully saturated rings. The van der Waals surface area contributed by atoms with Gasteiger partial charge in [0.1, 0.15) is 0 Å². The molecule has 2 rings (SSSR count). The van der Waals surface area contributed by atoms with Crippen LogP contribution in [0, 0.1) is 13.8 Å². The minimum atomic E-state index is -3.44. The van der Waals surface area contributed by atoms with Gasteiger partial charge in [-0.2, -0.15) is 0 Å². The van der Waals surface area contributed by atoms with Crippen LogP contribution in [0.4, 0.5) is 0 Å². The van der Waals surface area contributed by atoms with E-state index in [4.69, 9.17) is 0 Å². The molecule has 0 aliphatic carbocycles. The monoisotopic (exact) mass is 349 g/mol. The van der Waals surface area contributed by atoms with E-state index in [1.165, 1.54) is 16.0 Å². The van der Waals surface area contributed by atoms with E-state index < -0.39 is 10.0 Å². The van der Waals surface area contributed by atoms with Crippen LogP contribution in [0.3, 0.4) is 0 Å². The van der Waals surface area contributed by atoms with E-state index in [-0.39, 0.29) is 6.04 Å². The number of aryl methyl sites for hydroxylation is 2. The second kappa shape index (κ2) is 7.51. The Kier molecular flexibility index (Phi) is 5.89. The van der Waals surface area contributed by atoms with Crippen LogP contribution in [-0.4, -0.2) is 14.5 Å². The second-order valence-corrected chi connectivity index (χ2v) is 8.60. The quantitative estimate of drug-likeness (QED) is 0.833. The summed E-state index contributed by atoms with van der Waals surface area (Å²) in [4.78, 5) is 2.53. The Morgan fingerprint density at radius 1 is 1.09 bits per heavy atom. The Morgan fingerprint density at radius 3 is 2.35 bits per heavy atom. The summed E-state index contributed by atoms with van der Waals surface area (Å²) in [6, 6.07) is 13.3. The topological polar surface area (TPSA) is 46.2 Å². The summed E-state index contributed by atoms with van der Waals surface area (Å²) in [7, 11) is -3.44. The molecule has 23 heavy (non-hydrogen) atoms. The number of benzene rings is 2. The van der Waals surface area contributed by atoms with Crippen molar-refractivity contribution in [2.24, 2.45) is 0 Å². The summed E-state index contributed by atoms with van der Waals surface area (Å²) in [6.45, 7) is 7.97. The summed E-state index contributed by atoms with van der Waals surface area (Å²) >= 11 is 1.65. The standard InChI is InChI=1S/C18H23NO2S2/c1-5-15(4)19-23(20,21)17-10-8-16(9-11-17)22-18-12-13(2)6-7-14(18)3/h6-12,15,19H,5H2,1-4H3/t15-/m1/s1. The van der Waals surface area contributed by atoms with Crippen LogP contribution in [0.15, 0.2) is 57.2 Å². The maximum Gasteiger partial charge on any atom is 0.240 e. The smallest absolute Gasteiger partial charge is 0.208 e. The van der Waals surface area contributed by atoms with Crippen LogP contribution in [-0.2, 0) is 10.0 Å². The molecule has 2 aromatic rings. The van der Waals surface area contributed by atoms with Crippen LogP contribution in [0.1, 0.15) is 31.4 Å². The van der Waals surface area contributed by atoms with Gasteiger partial charge in [-0.15, -0.1) is 0 Å². The highest BCUT2D eigenvalue weighted by Gasteiger charge is 2.16. The van der Waals surface area contributed by atoms with Gasteiger partial charge >= 0.3 is 0 Å². The lowest BCUT2D eigenvalue weighted by Crippen LogP contribution is -2.31. The van der Waals surface area contributed by atoms with Crippen molar-refractivity contribution in [1.29, 1.82) is 0 Å². The highest BCUT2D eigenvalue weighted by atomic mass is 32.2. The highest BCUT2D eigenvalue weighted by Crippen LogP contribution is 2.31. The first-order valence-electron chi connectivity index (χ1n) is 7.69. The van der Waals surface area contributed by atoms with E-state index in [2.05, 4.69) is 36.8 Å². The van der Waals surface area contributed by atoms with Crippen LogP contribution < -0.4 is 4.72 Å². The molecule has 0 aliphatic rings. The predicted octanol–water partition coefficient (Wildman–Crippen LogP) is 4.53. The molecule has 0 saturated carbocycles. The normalized spacial score (nSPS) is 13.0. The summed E-state index contributed by atoms with van der Waals surface area (Å²) < 4.78 is 27.2. The molecule has 1 N–H and O–H groups in total. The average molecular weight is 350 g/mol. The molecule has 0 spiro atoms. The second-order valence-electron chi connectivity index (χ2n) is 5.77. The molecule has 124 valence electrons. The molecule has 5 heteroatoms. The molecule has 0 saturated heterocycles. The fourth-order valence-electron chi connectivity index (χ4n) is 2.05. The van der Waals surface area contributed by atoms with Crippen LogP contribution >= 0.6 is 11.8 Å². The number of hydrogen-bond acceptors (Lipinski definition) is 3. The van der Waals surface area contributed by atoms with Gasteiger partial charge in [0.25, 0.3) is 0 Å². The van der Waals surface area contributed by atoms with E-state index in [0.717, 1.165) is 11.3 Å². The van der Waals surface area contributed by atoms with Crippen molar-refractivity contribution in [1.82, 2.24) is 4.72 Å². The summed E-state index contributed by atoms with van der Waals surface area (Å²) in [5.41, 5.74) is 2.44. The summed E-state index contributed by atoms with van der Waals surface area (Å²) in [6.07, 6.45) is 0.764. The average Bonchev–Trinajstić information content (AvgIpc) is 2.51. The van der Waals surface area contributed by atoms with Crippen molar-refractivity contribution in [3.63, 3.8) is 0 Å². The van der Waals surface area contributed by atoms with Crippen molar-refractivity contribution in [2.75, 3.05) is 0 Å². The van der Waals surface area contributed by atoms with Gasteiger partial charge in [0.2, 0.25) is 10.0 Å². The van der Waals surface area contributed by atoms with Gasteiger partial charge in [0, 0.05) is 15.8 Å². The minimum Gasteiger partial charge on any atom is -0.208 e. The molecule has 2 aromatic carbocycles. The molecule has 0 radical (unpaired) electrons. The Labute approximate surface area is 143 Å². The van der Waals surface area contributed by atoms with Gasteiger partial charge in [0.15, 0.2) is 0 Å². The molecule has 0 bridgehead atoms. The van der Waals surface area contributed by atoms with Gasteiger partial charge < -0.3 is 0 Å². The van der Waals surface area contributed by atoms with Gasteiger partial charge in [-0.3, -0.25) is 0 Å². The van der Waals surface area contributed by atoms with Crippen molar-refractivity contribution in [3.05, 3.63) is 53.6 Å². The third kappa shape index (κ3) is 4.83. The van der Waals surface area contributed by atoms with Crippen molar-refractivity contribution in [3.8, 4) is 0 Å². The lowest BCUT2D eigenvalue weighted by atomic mass is 10.2. The Morgan fingerprint density at radius 2 is 1.74 bits per heavy atom. The largest absolute Gasteiger partial charge is 0.240 e. The van der Waals surface area contributed by atoms with E-state index in [1.807, 2.05) is 26.0 Å². The van der Waals surface area contributed by atoms with Crippen LogP contribution in [0.25, 0.3) is 0 Å². The zero-order valence-electron chi connectivity index (χ0n) is 14.0. The van der Waals surface area contributed by atoms with Gasteiger partial charge in [0.05, 0.1) is 4.90 Å². The van der Waals surface area contributed by atoms with E-state index >= 15 is 0 Å². The summed E-state index contributed by atoms with van der Waals surface area (Å²) in [5.74, 6) is 0. The highest BCUT2D eigenvalue weighted by molar-refractivity contribution is 7.99. The van der Waals surface area contributed by atoms with Gasteiger partial charge in [-0.1, -0.05) is 30.8 Å². The Bertz CT molecular complexity index is 768. The van der Waals surface area contributed by atoms with Gasteiger partial charge in [-0.25, -0.2) is 13.1 Å². The van der Waals surface area contributed by atoms with E-state index in [9.17, 15) is 8.42 Å². The first-order chi connectivity index (χ1) is 10.8.